The van der Waals surface area contributed by atoms with E-state index in [-0.39, 0.29) is 0 Å². The first-order chi connectivity index (χ1) is 16.6. The minimum absolute atomic E-state index is 0.377. The van der Waals surface area contributed by atoms with Crippen LogP contribution in [-0.2, 0) is 0 Å². The molecule has 2 aromatic heterocycles. The number of nitrogens with one attached hydrogen (secondary N) is 1. The van der Waals surface area contributed by atoms with Gasteiger partial charge in [-0.15, -0.1) is 0 Å². The number of methoxy groups -OCH3 is 1. The summed E-state index contributed by atoms with van der Waals surface area (Å²) in [6.45, 7) is 1.98. The van der Waals surface area contributed by atoms with Gasteiger partial charge in [0.2, 0.25) is 0 Å². The predicted octanol–water partition coefficient (Wildman–Crippen LogP) is 6.28. The summed E-state index contributed by atoms with van der Waals surface area (Å²) >= 11 is 0. The number of imidazole rings is 1. The van der Waals surface area contributed by atoms with Gasteiger partial charge < -0.3 is 14.8 Å². The minimum atomic E-state index is -0.418. The summed E-state index contributed by atoms with van der Waals surface area (Å²) in [5.74, 6) is 1.42. The molecule has 0 saturated heterocycles. The van der Waals surface area contributed by atoms with Gasteiger partial charge in [-0.25, -0.2) is 9.78 Å². The van der Waals surface area contributed by atoms with Crippen LogP contribution in [0.2, 0.25) is 0 Å². The molecule has 1 fully saturated rings. The molecule has 2 aromatic carbocycles. The molecular formula is C28H29N3O3. The zero-order chi connectivity index (χ0) is 23.5. The van der Waals surface area contributed by atoms with Crippen LogP contribution in [0.5, 0.6) is 11.5 Å². The Labute approximate surface area is 199 Å². The molecule has 4 aromatic rings. The number of hydrogen-bond acceptors (Lipinski definition) is 5. The molecule has 0 unspecified atom stereocenters. The van der Waals surface area contributed by atoms with Crippen molar-refractivity contribution in [3.8, 4) is 22.8 Å². The third-order valence-electron chi connectivity index (χ3n) is 6.40. The smallest absolute Gasteiger partial charge is 0.343 e. The number of pyridine rings is 1. The molecule has 1 aliphatic carbocycles. The van der Waals surface area contributed by atoms with Crippen molar-refractivity contribution in [2.45, 2.75) is 45.1 Å². The van der Waals surface area contributed by atoms with Gasteiger partial charge in [-0.3, -0.25) is 4.40 Å². The molecule has 1 aliphatic rings. The second-order valence-corrected chi connectivity index (χ2v) is 8.84. The lowest BCUT2D eigenvalue weighted by Crippen LogP contribution is -2.23. The lowest BCUT2D eigenvalue weighted by molar-refractivity contribution is 0.0729. The van der Waals surface area contributed by atoms with E-state index < -0.39 is 5.97 Å². The highest BCUT2D eigenvalue weighted by molar-refractivity contribution is 5.91. The van der Waals surface area contributed by atoms with Crippen LogP contribution in [0.3, 0.4) is 0 Å². The van der Waals surface area contributed by atoms with Crippen LogP contribution < -0.4 is 14.8 Å². The van der Waals surface area contributed by atoms with E-state index in [0.29, 0.717) is 23.1 Å². The molecule has 1 N–H and O–H groups in total. The van der Waals surface area contributed by atoms with Crippen LogP contribution in [0, 0.1) is 6.92 Å². The van der Waals surface area contributed by atoms with Gasteiger partial charge in [-0.05, 0) is 62.2 Å². The van der Waals surface area contributed by atoms with Crippen molar-refractivity contribution < 1.29 is 14.3 Å². The standard InChI is InChI=1S/C28H29N3O3/c1-19-11-13-20(14-12-19)28(32)34-23-16-15-21(18-24(23)33-2)26-27(29-22-8-4-3-5-9-22)31-17-7-6-10-25(31)30-26/h6-7,10-18,22,29H,3-5,8-9H2,1-2H3. The fourth-order valence-corrected chi connectivity index (χ4v) is 4.52. The molecule has 0 atom stereocenters. The number of fused-ring (bicyclic) bond motifs is 1. The summed E-state index contributed by atoms with van der Waals surface area (Å²) in [7, 11) is 1.58. The monoisotopic (exact) mass is 455 g/mol. The molecule has 0 aliphatic heterocycles. The highest BCUT2D eigenvalue weighted by atomic mass is 16.6. The minimum Gasteiger partial charge on any atom is -0.493 e. The first-order valence-corrected chi connectivity index (χ1v) is 11.8. The summed E-state index contributed by atoms with van der Waals surface area (Å²) in [4.78, 5) is 17.5. The van der Waals surface area contributed by atoms with Crippen molar-refractivity contribution in [3.05, 3.63) is 78.0 Å². The largest absolute Gasteiger partial charge is 0.493 e. The van der Waals surface area contributed by atoms with Crippen LogP contribution in [-0.4, -0.2) is 28.5 Å². The Morgan fingerprint density at radius 2 is 1.79 bits per heavy atom. The quantitative estimate of drug-likeness (QED) is 0.274. The van der Waals surface area contributed by atoms with E-state index in [1.165, 1.54) is 19.3 Å². The summed E-state index contributed by atoms with van der Waals surface area (Å²) < 4.78 is 13.4. The summed E-state index contributed by atoms with van der Waals surface area (Å²) in [5.41, 5.74) is 4.21. The van der Waals surface area contributed by atoms with Gasteiger partial charge in [0.05, 0.1) is 12.7 Å². The highest BCUT2D eigenvalue weighted by Crippen LogP contribution is 2.37. The zero-order valence-corrected chi connectivity index (χ0v) is 19.6. The van der Waals surface area contributed by atoms with Crippen molar-refractivity contribution >= 4 is 17.4 Å². The summed E-state index contributed by atoms with van der Waals surface area (Å²) in [6.07, 6.45) is 8.16. The van der Waals surface area contributed by atoms with Gasteiger partial charge in [0.15, 0.2) is 11.5 Å². The van der Waals surface area contributed by atoms with Crippen LogP contribution in [0.4, 0.5) is 5.82 Å². The summed E-state index contributed by atoms with van der Waals surface area (Å²) in [6, 6.07) is 19.3. The van der Waals surface area contributed by atoms with E-state index >= 15 is 0 Å². The number of benzene rings is 2. The Hall–Kier alpha value is -3.80. The van der Waals surface area contributed by atoms with Crippen molar-refractivity contribution in [2.24, 2.45) is 0 Å². The Morgan fingerprint density at radius 3 is 2.56 bits per heavy atom. The molecule has 5 rings (SSSR count). The molecule has 0 radical (unpaired) electrons. The van der Waals surface area contributed by atoms with E-state index in [0.717, 1.165) is 41.1 Å². The van der Waals surface area contributed by atoms with Gasteiger partial charge in [-0.1, -0.05) is 43.0 Å². The molecule has 1 saturated carbocycles. The number of rotatable bonds is 6. The van der Waals surface area contributed by atoms with Crippen LogP contribution in [0.15, 0.2) is 66.9 Å². The molecule has 2 heterocycles. The second kappa shape index (κ2) is 9.59. The van der Waals surface area contributed by atoms with E-state index in [9.17, 15) is 4.79 Å². The molecular weight excluding hydrogens is 426 g/mol. The van der Waals surface area contributed by atoms with Gasteiger partial charge in [0.1, 0.15) is 17.2 Å². The maximum Gasteiger partial charge on any atom is 0.343 e. The third kappa shape index (κ3) is 4.49. The lowest BCUT2D eigenvalue weighted by atomic mass is 9.95. The fraction of sp³-hybridized carbons (Fsp3) is 0.286. The van der Waals surface area contributed by atoms with E-state index in [1.807, 2.05) is 55.6 Å². The molecule has 0 bridgehead atoms. The van der Waals surface area contributed by atoms with Crippen LogP contribution in [0.1, 0.15) is 48.0 Å². The van der Waals surface area contributed by atoms with Crippen molar-refractivity contribution in [1.82, 2.24) is 9.38 Å². The number of aryl methyl sites for hydroxylation is 1. The van der Waals surface area contributed by atoms with Crippen molar-refractivity contribution in [2.75, 3.05) is 12.4 Å². The third-order valence-corrected chi connectivity index (χ3v) is 6.40. The Bertz CT molecular complexity index is 1300. The SMILES string of the molecule is COc1cc(-c2nc3ccccn3c2NC2CCCCC2)ccc1OC(=O)c1ccc(C)cc1. The van der Waals surface area contributed by atoms with Gasteiger partial charge in [-0.2, -0.15) is 0 Å². The van der Waals surface area contributed by atoms with Gasteiger partial charge in [0.25, 0.3) is 0 Å². The molecule has 6 nitrogen and oxygen atoms in total. The lowest BCUT2D eigenvalue weighted by Gasteiger charge is -2.24. The number of hydrogen-bond donors (Lipinski definition) is 1. The maximum absolute atomic E-state index is 12.6. The topological polar surface area (TPSA) is 64.9 Å². The molecule has 6 heteroatoms. The number of carbonyl (C=O) groups is 1. The molecule has 174 valence electrons. The average Bonchev–Trinajstić information content (AvgIpc) is 3.23. The zero-order valence-electron chi connectivity index (χ0n) is 19.6. The second-order valence-electron chi connectivity index (χ2n) is 8.84. The highest BCUT2D eigenvalue weighted by Gasteiger charge is 2.21. The normalized spacial score (nSPS) is 14.2. The first kappa shape index (κ1) is 22.0. The number of carbonyl (C=O) groups excluding carboxylic acids is 1. The average molecular weight is 456 g/mol. The Kier molecular flexibility index (Phi) is 6.21. The molecule has 34 heavy (non-hydrogen) atoms. The number of aromatic nitrogens is 2. The fourth-order valence-electron chi connectivity index (χ4n) is 4.52. The number of esters is 1. The Balaban J connectivity index is 1.47. The van der Waals surface area contributed by atoms with E-state index in [2.05, 4.69) is 9.72 Å². The number of anilines is 1. The maximum atomic E-state index is 12.6. The Morgan fingerprint density at radius 1 is 1.00 bits per heavy atom. The number of ether oxygens (including phenoxy) is 2. The van der Waals surface area contributed by atoms with E-state index in [1.54, 1.807) is 25.3 Å². The van der Waals surface area contributed by atoms with E-state index in [4.69, 9.17) is 14.5 Å². The number of nitrogens with zero attached hydrogens (tertiary/aromatic N) is 2. The van der Waals surface area contributed by atoms with Crippen LogP contribution >= 0.6 is 0 Å². The van der Waals surface area contributed by atoms with Crippen molar-refractivity contribution in [3.63, 3.8) is 0 Å². The summed E-state index contributed by atoms with van der Waals surface area (Å²) in [5, 5.41) is 3.76. The van der Waals surface area contributed by atoms with Crippen LogP contribution in [0.25, 0.3) is 16.9 Å². The molecule has 0 amide bonds. The van der Waals surface area contributed by atoms with Gasteiger partial charge >= 0.3 is 5.97 Å². The first-order valence-electron chi connectivity index (χ1n) is 11.8. The molecule has 0 spiro atoms. The van der Waals surface area contributed by atoms with Crippen molar-refractivity contribution in [1.29, 1.82) is 0 Å². The predicted molar refractivity (Wildman–Crippen MR) is 134 cm³/mol. The van der Waals surface area contributed by atoms with Gasteiger partial charge in [0, 0.05) is 17.8 Å².